The number of hydrogen-bond donors (Lipinski definition) is 4. The number of carbonyl (C=O) groups is 2. The second-order valence-corrected chi connectivity index (χ2v) is 8.14. The number of pyridine rings is 1. The van der Waals surface area contributed by atoms with Gasteiger partial charge in [-0.1, -0.05) is 30.3 Å². The maximum atomic E-state index is 12.0. The maximum Gasteiger partial charge on any atom is 0.319 e. The lowest BCUT2D eigenvalue weighted by atomic mass is 10.2. The Morgan fingerprint density at radius 3 is 2.59 bits per heavy atom. The zero-order chi connectivity index (χ0) is 24.1. The first-order valence-electron chi connectivity index (χ1n) is 10.7. The van der Waals surface area contributed by atoms with Gasteiger partial charge in [-0.3, -0.25) is 4.79 Å². The van der Waals surface area contributed by atoms with E-state index in [-0.39, 0.29) is 18.0 Å². The predicted octanol–water partition coefficient (Wildman–Crippen LogP) is 5.99. The van der Waals surface area contributed by atoms with Crippen molar-refractivity contribution < 1.29 is 14.3 Å². The molecule has 174 valence electrons. The number of halogens is 1. The van der Waals surface area contributed by atoms with Crippen LogP contribution in [0, 0.1) is 6.92 Å². The van der Waals surface area contributed by atoms with Gasteiger partial charge < -0.3 is 26.0 Å². The van der Waals surface area contributed by atoms with E-state index in [0.29, 0.717) is 45.0 Å². The van der Waals surface area contributed by atoms with Crippen molar-refractivity contribution in [2.45, 2.75) is 25.8 Å². The summed E-state index contributed by atoms with van der Waals surface area (Å²) in [5.74, 6) is 1.30. The molecule has 0 unspecified atom stereocenters. The Morgan fingerprint density at radius 2 is 1.85 bits per heavy atom. The van der Waals surface area contributed by atoms with Gasteiger partial charge in [-0.05, 0) is 56.2 Å². The molecule has 0 saturated heterocycles. The van der Waals surface area contributed by atoms with Gasteiger partial charge >= 0.3 is 6.03 Å². The topological polar surface area (TPSA) is 104 Å². The van der Waals surface area contributed by atoms with Crippen molar-refractivity contribution in [3.8, 4) is 11.5 Å². The highest BCUT2D eigenvalue weighted by atomic mass is 35.5. The summed E-state index contributed by atoms with van der Waals surface area (Å²) in [6, 6.07) is 14.1. The third kappa shape index (κ3) is 5.85. The van der Waals surface area contributed by atoms with E-state index in [2.05, 4.69) is 32.8 Å². The molecule has 3 amide bonds. The molecule has 1 aliphatic carbocycles. The van der Waals surface area contributed by atoms with E-state index in [1.165, 1.54) is 6.08 Å². The quantitative estimate of drug-likeness (QED) is 0.298. The number of nitrogens with one attached hydrogen (secondary N) is 4. The summed E-state index contributed by atoms with van der Waals surface area (Å²) in [7, 11) is 0. The van der Waals surface area contributed by atoms with Crippen LogP contribution in [0.5, 0.6) is 11.5 Å². The van der Waals surface area contributed by atoms with Crippen molar-refractivity contribution in [3.05, 3.63) is 78.0 Å². The molecule has 0 aliphatic heterocycles. The monoisotopic (exact) mass is 477 g/mol. The zero-order valence-electron chi connectivity index (χ0n) is 18.5. The van der Waals surface area contributed by atoms with Crippen molar-refractivity contribution in [2.75, 3.05) is 16.0 Å². The maximum absolute atomic E-state index is 12.0. The largest absolute Gasteiger partial charge is 0.457 e. The van der Waals surface area contributed by atoms with Crippen molar-refractivity contribution in [1.29, 1.82) is 0 Å². The number of anilines is 4. The van der Waals surface area contributed by atoms with Crippen LogP contribution in [-0.2, 0) is 4.79 Å². The molecule has 1 fully saturated rings. The smallest absolute Gasteiger partial charge is 0.319 e. The summed E-state index contributed by atoms with van der Waals surface area (Å²) in [6.07, 6.45) is 4.82. The highest BCUT2D eigenvalue weighted by molar-refractivity contribution is 6.34. The van der Waals surface area contributed by atoms with Crippen molar-refractivity contribution >= 4 is 46.4 Å². The molecule has 4 N–H and O–H groups in total. The van der Waals surface area contributed by atoms with Crippen LogP contribution in [0.2, 0.25) is 5.02 Å². The molecule has 0 radical (unpaired) electrons. The number of amides is 3. The fourth-order valence-electron chi connectivity index (χ4n) is 3.14. The molecule has 1 saturated carbocycles. The molecule has 34 heavy (non-hydrogen) atoms. The minimum absolute atomic E-state index is 0.252. The van der Waals surface area contributed by atoms with E-state index in [9.17, 15) is 9.59 Å². The molecule has 9 heteroatoms. The number of nitrogens with zero attached hydrogens (tertiary/aromatic N) is 1. The van der Waals surface area contributed by atoms with E-state index >= 15 is 0 Å². The van der Waals surface area contributed by atoms with E-state index in [4.69, 9.17) is 16.3 Å². The fourth-order valence-corrected chi connectivity index (χ4v) is 3.34. The lowest BCUT2D eigenvalue weighted by Gasteiger charge is -2.15. The number of rotatable bonds is 8. The Kier molecular flexibility index (Phi) is 6.98. The third-order valence-corrected chi connectivity index (χ3v) is 5.58. The number of hydrogen-bond acceptors (Lipinski definition) is 5. The van der Waals surface area contributed by atoms with Gasteiger partial charge in [0.15, 0.2) is 0 Å². The first-order chi connectivity index (χ1) is 16.4. The molecular formula is C25H24ClN5O3. The Labute approximate surface area is 202 Å². The summed E-state index contributed by atoms with van der Waals surface area (Å²) in [6.45, 7) is 5.29. The van der Waals surface area contributed by atoms with Gasteiger partial charge in [-0.25, -0.2) is 9.78 Å². The fraction of sp³-hybridized carbons (Fsp3) is 0.160. The standard InChI is InChI=1S/C25H24ClN5O3/c1-3-23(32)30-19-7-5-4-6-18(19)29-22-14-17(12-13-27-22)34-21-11-10-20(24(26)15(21)2)31-25(33)28-16-8-9-16/h3-7,10-14,16H,1,8-9H2,2H3,(H,27,29)(H,30,32)(H2,28,31,33). The first kappa shape index (κ1) is 23.1. The van der Waals surface area contributed by atoms with Gasteiger partial charge in [0, 0.05) is 23.9 Å². The normalized spacial score (nSPS) is 12.4. The first-order valence-corrected chi connectivity index (χ1v) is 11.1. The van der Waals surface area contributed by atoms with Crippen LogP contribution in [0.15, 0.2) is 67.4 Å². The molecule has 0 bridgehead atoms. The Bertz CT molecular complexity index is 1240. The minimum atomic E-state index is -0.311. The van der Waals surface area contributed by atoms with Gasteiger partial charge in [0.1, 0.15) is 17.3 Å². The lowest BCUT2D eigenvalue weighted by Crippen LogP contribution is -2.30. The third-order valence-electron chi connectivity index (χ3n) is 5.09. The summed E-state index contributed by atoms with van der Waals surface area (Å²) in [4.78, 5) is 28.1. The van der Waals surface area contributed by atoms with Crippen LogP contribution >= 0.6 is 11.6 Å². The number of carbonyl (C=O) groups excluding carboxylic acids is 2. The van der Waals surface area contributed by atoms with Crippen LogP contribution in [0.4, 0.5) is 27.7 Å². The molecule has 0 spiro atoms. The molecule has 8 nitrogen and oxygen atoms in total. The summed E-state index contributed by atoms with van der Waals surface area (Å²) >= 11 is 6.48. The van der Waals surface area contributed by atoms with E-state index in [0.717, 1.165) is 12.8 Å². The second-order valence-electron chi connectivity index (χ2n) is 7.77. The van der Waals surface area contributed by atoms with Crippen LogP contribution in [-0.4, -0.2) is 23.0 Å². The van der Waals surface area contributed by atoms with Crippen LogP contribution < -0.4 is 26.0 Å². The molecule has 1 heterocycles. The average molecular weight is 478 g/mol. The summed E-state index contributed by atoms with van der Waals surface area (Å²) in [5.41, 5.74) is 2.47. The van der Waals surface area contributed by atoms with Gasteiger partial charge in [0.05, 0.1) is 22.1 Å². The predicted molar refractivity (Wildman–Crippen MR) is 134 cm³/mol. The number of benzene rings is 2. The van der Waals surface area contributed by atoms with E-state index in [1.54, 1.807) is 36.5 Å². The Balaban J connectivity index is 1.47. The van der Waals surface area contributed by atoms with Crippen molar-refractivity contribution in [3.63, 3.8) is 0 Å². The van der Waals surface area contributed by atoms with Crippen molar-refractivity contribution in [2.24, 2.45) is 0 Å². The van der Waals surface area contributed by atoms with Gasteiger partial charge in [-0.15, -0.1) is 0 Å². The molecular weight excluding hydrogens is 454 g/mol. The number of para-hydroxylation sites is 2. The van der Waals surface area contributed by atoms with Gasteiger partial charge in [0.25, 0.3) is 0 Å². The molecule has 3 aromatic rings. The number of ether oxygens (including phenoxy) is 1. The van der Waals surface area contributed by atoms with E-state index < -0.39 is 0 Å². The Hall–Kier alpha value is -4.04. The van der Waals surface area contributed by atoms with E-state index in [1.807, 2.05) is 25.1 Å². The Morgan fingerprint density at radius 1 is 1.09 bits per heavy atom. The summed E-state index contributed by atoms with van der Waals surface area (Å²) < 4.78 is 6.04. The number of urea groups is 1. The highest BCUT2D eigenvalue weighted by Crippen LogP contribution is 2.36. The lowest BCUT2D eigenvalue weighted by molar-refractivity contribution is -0.111. The molecule has 4 rings (SSSR count). The average Bonchev–Trinajstić information content (AvgIpc) is 3.64. The van der Waals surface area contributed by atoms with Crippen LogP contribution in [0.3, 0.4) is 0 Å². The summed E-state index contributed by atoms with van der Waals surface area (Å²) in [5, 5.41) is 12.0. The zero-order valence-corrected chi connectivity index (χ0v) is 19.3. The van der Waals surface area contributed by atoms with Gasteiger partial charge in [-0.2, -0.15) is 0 Å². The molecule has 0 atom stereocenters. The molecule has 1 aromatic heterocycles. The SMILES string of the molecule is C=CC(=O)Nc1ccccc1Nc1cc(Oc2ccc(NC(=O)NC3CC3)c(Cl)c2C)ccn1. The molecule has 2 aromatic carbocycles. The van der Waals surface area contributed by atoms with Crippen LogP contribution in [0.1, 0.15) is 18.4 Å². The van der Waals surface area contributed by atoms with Gasteiger partial charge in [0.2, 0.25) is 5.91 Å². The highest BCUT2D eigenvalue weighted by Gasteiger charge is 2.23. The minimum Gasteiger partial charge on any atom is -0.457 e. The van der Waals surface area contributed by atoms with Crippen molar-refractivity contribution in [1.82, 2.24) is 10.3 Å². The second kappa shape index (κ2) is 10.3. The molecule has 1 aliphatic rings. The number of aromatic nitrogens is 1. The van der Waals surface area contributed by atoms with Crippen LogP contribution in [0.25, 0.3) is 0 Å².